The Morgan fingerprint density at radius 2 is 2.21 bits per heavy atom. The van der Waals surface area contributed by atoms with E-state index < -0.39 is 17.8 Å². The van der Waals surface area contributed by atoms with Crippen molar-refractivity contribution in [2.45, 2.75) is 45.8 Å². The molecule has 1 atom stereocenters. The molecule has 1 aliphatic heterocycles. The first kappa shape index (κ1) is 13.8. The molecule has 1 aromatic rings. The minimum atomic E-state index is -0.616. The number of hydrogen-bond donors (Lipinski definition) is 1. The van der Waals surface area contributed by atoms with Crippen LogP contribution in [0.15, 0.2) is 12.3 Å². The number of nitrogens with zero attached hydrogens (tertiary/aromatic N) is 2. The van der Waals surface area contributed by atoms with E-state index in [9.17, 15) is 9.90 Å². The van der Waals surface area contributed by atoms with Gasteiger partial charge in [-0.3, -0.25) is 9.88 Å². The molecule has 0 aliphatic carbocycles. The molecule has 5 nitrogen and oxygen atoms in total. The second kappa shape index (κ2) is 4.81. The largest absolute Gasteiger partial charge is 0.443 e. The molecule has 2 rings (SSSR count). The highest BCUT2D eigenvalue weighted by Crippen LogP contribution is 2.33. The summed E-state index contributed by atoms with van der Waals surface area (Å²) in [5.41, 5.74) is 1.60. The maximum atomic E-state index is 12.2. The topological polar surface area (TPSA) is 62.7 Å². The molecular formula is C14H20N2O3. The number of ether oxygens (including phenoxy) is 1. The number of aliphatic hydroxyl groups is 1. The van der Waals surface area contributed by atoms with Crippen LogP contribution in [-0.4, -0.2) is 28.3 Å². The van der Waals surface area contributed by atoms with Gasteiger partial charge in [-0.2, -0.15) is 0 Å². The highest BCUT2D eigenvalue weighted by molar-refractivity contribution is 5.89. The summed E-state index contributed by atoms with van der Waals surface area (Å²) in [6.07, 6.45) is 1.16. The Morgan fingerprint density at radius 1 is 1.53 bits per heavy atom. The highest BCUT2D eigenvalue weighted by Gasteiger charge is 2.31. The van der Waals surface area contributed by atoms with Crippen molar-refractivity contribution < 1.29 is 14.6 Å². The predicted molar refractivity (Wildman–Crippen MR) is 72.1 cm³/mol. The molecule has 0 saturated heterocycles. The van der Waals surface area contributed by atoms with Crippen LogP contribution in [0.4, 0.5) is 10.5 Å². The number of hydrogen-bond acceptors (Lipinski definition) is 4. The van der Waals surface area contributed by atoms with Gasteiger partial charge >= 0.3 is 6.09 Å². The summed E-state index contributed by atoms with van der Waals surface area (Å²) in [4.78, 5) is 18.0. The average molecular weight is 264 g/mol. The second-order valence-corrected chi connectivity index (χ2v) is 5.85. The Balaban J connectivity index is 2.32. The molecule has 0 saturated carbocycles. The van der Waals surface area contributed by atoms with Gasteiger partial charge in [-0.1, -0.05) is 0 Å². The van der Waals surface area contributed by atoms with Gasteiger partial charge in [-0.25, -0.2) is 4.79 Å². The first-order valence-electron chi connectivity index (χ1n) is 6.43. The van der Waals surface area contributed by atoms with Crippen LogP contribution in [0.1, 0.15) is 44.6 Å². The van der Waals surface area contributed by atoms with Crippen molar-refractivity contribution >= 4 is 11.8 Å². The van der Waals surface area contributed by atoms with E-state index in [-0.39, 0.29) is 0 Å². The Hall–Kier alpha value is -1.62. The Kier molecular flexibility index (Phi) is 3.49. The molecule has 1 aromatic heterocycles. The number of aryl methyl sites for hydroxylation is 1. The summed E-state index contributed by atoms with van der Waals surface area (Å²) < 4.78 is 5.39. The van der Waals surface area contributed by atoms with E-state index in [2.05, 4.69) is 4.98 Å². The van der Waals surface area contributed by atoms with E-state index in [1.165, 1.54) is 0 Å². The van der Waals surface area contributed by atoms with Crippen LogP contribution in [0, 0.1) is 6.92 Å². The van der Waals surface area contributed by atoms with Gasteiger partial charge in [0.2, 0.25) is 0 Å². The van der Waals surface area contributed by atoms with E-state index in [0.29, 0.717) is 24.3 Å². The summed E-state index contributed by atoms with van der Waals surface area (Å²) in [6.45, 7) is 7.84. The number of anilines is 1. The molecule has 0 aromatic carbocycles. The smallest absolute Gasteiger partial charge is 0.414 e. The molecule has 0 radical (unpaired) electrons. The number of carbonyl (C=O) groups excluding carboxylic acids is 1. The molecule has 0 fully saturated rings. The third-order valence-electron chi connectivity index (χ3n) is 2.88. The zero-order chi connectivity index (χ0) is 14.2. The molecule has 1 unspecified atom stereocenters. The van der Waals surface area contributed by atoms with Crippen LogP contribution < -0.4 is 4.90 Å². The molecular weight excluding hydrogens is 244 g/mol. The van der Waals surface area contributed by atoms with Gasteiger partial charge < -0.3 is 9.84 Å². The highest BCUT2D eigenvalue weighted by atomic mass is 16.6. The molecule has 2 heterocycles. The fourth-order valence-corrected chi connectivity index (χ4v) is 2.05. The molecule has 104 valence electrons. The van der Waals surface area contributed by atoms with E-state index in [0.717, 1.165) is 5.56 Å². The van der Waals surface area contributed by atoms with Crippen LogP contribution in [0.2, 0.25) is 0 Å². The Morgan fingerprint density at radius 3 is 2.84 bits per heavy atom. The van der Waals surface area contributed by atoms with Crippen LogP contribution in [0.25, 0.3) is 0 Å². The summed E-state index contributed by atoms with van der Waals surface area (Å²) in [5.74, 6) is 0. The zero-order valence-electron chi connectivity index (χ0n) is 11.8. The summed E-state index contributed by atoms with van der Waals surface area (Å²) in [6, 6.07) is 1.86. The third-order valence-corrected chi connectivity index (χ3v) is 2.88. The van der Waals surface area contributed by atoms with Gasteiger partial charge in [-0.05, 0) is 45.7 Å². The SMILES string of the molecule is Cc1cnc2c(c1)N(C(=O)OC(C)(C)C)CCC2O. The monoisotopic (exact) mass is 264 g/mol. The van der Waals surface area contributed by atoms with Gasteiger partial charge in [0, 0.05) is 12.7 Å². The molecule has 0 spiro atoms. The van der Waals surface area contributed by atoms with Crippen LogP contribution >= 0.6 is 0 Å². The lowest BCUT2D eigenvalue weighted by Gasteiger charge is -2.33. The lowest BCUT2D eigenvalue weighted by Crippen LogP contribution is -2.41. The van der Waals surface area contributed by atoms with Gasteiger partial charge in [0.15, 0.2) is 0 Å². The van der Waals surface area contributed by atoms with Gasteiger partial charge in [0.25, 0.3) is 0 Å². The van der Waals surface area contributed by atoms with Gasteiger partial charge in [0.05, 0.1) is 17.5 Å². The first-order valence-corrected chi connectivity index (χ1v) is 6.43. The van der Waals surface area contributed by atoms with Crippen molar-refractivity contribution in [1.82, 2.24) is 4.98 Å². The number of aromatic nitrogens is 1. The number of amides is 1. The van der Waals surface area contributed by atoms with E-state index >= 15 is 0 Å². The number of aliphatic hydroxyl groups excluding tert-OH is 1. The number of fused-ring (bicyclic) bond motifs is 1. The standard InChI is InChI=1S/C14H20N2O3/c1-9-7-10-12(15-8-9)11(17)5-6-16(10)13(18)19-14(2,3)4/h7-8,11,17H,5-6H2,1-4H3. The summed E-state index contributed by atoms with van der Waals surface area (Å²) in [7, 11) is 0. The maximum Gasteiger partial charge on any atom is 0.414 e. The molecule has 19 heavy (non-hydrogen) atoms. The summed E-state index contributed by atoms with van der Waals surface area (Å²) >= 11 is 0. The van der Waals surface area contributed by atoms with E-state index in [1.54, 1.807) is 11.1 Å². The number of pyridine rings is 1. The van der Waals surface area contributed by atoms with Crippen molar-refractivity contribution in [3.63, 3.8) is 0 Å². The second-order valence-electron chi connectivity index (χ2n) is 5.85. The third kappa shape index (κ3) is 3.04. The van der Waals surface area contributed by atoms with E-state index in [1.807, 2.05) is 33.8 Å². The maximum absolute atomic E-state index is 12.2. The minimum Gasteiger partial charge on any atom is -0.443 e. The molecule has 0 bridgehead atoms. The number of carbonyl (C=O) groups is 1. The van der Waals surface area contributed by atoms with Crippen molar-refractivity contribution in [2.75, 3.05) is 11.4 Å². The predicted octanol–water partition coefficient (Wildman–Crippen LogP) is 2.57. The minimum absolute atomic E-state index is 0.395. The molecule has 1 amide bonds. The summed E-state index contributed by atoms with van der Waals surface area (Å²) in [5, 5.41) is 9.94. The molecule has 1 aliphatic rings. The fourth-order valence-electron chi connectivity index (χ4n) is 2.05. The first-order chi connectivity index (χ1) is 8.78. The average Bonchev–Trinajstić information content (AvgIpc) is 2.26. The van der Waals surface area contributed by atoms with Crippen molar-refractivity contribution in [1.29, 1.82) is 0 Å². The lowest BCUT2D eigenvalue weighted by molar-refractivity contribution is 0.0564. The van der Waals surface area contributed by atoms with Gasteiger partial charge in [0.1, 0.15) is 5.60 Å². The van der Waals surface area contributed by atoms with Crippen molar-refractivity contribution in [3.8, 4) is 0 Å². The fraction of sp³-hybridized carbons (Fsp3) is 0.571. The Labute approximate surface area is 113 Å². The quantitative estimate of drug-likeness (QED) is 0.782. The zero-order valence-corrected chi connectivity index (χ0v) is 11.8. The molecule has 1 N–H and O–H groups in total. The molecule has 5 heteroatoms. The van der Waals surface area contributed by atoms with Crippen LogP contribution in [0.5, 0.6) is 0 Å². The van der Waals surface area contributed by atoms with E-state index in [4.69, 9.17) is 4.74 Å². The lowest BCUT2D eigenvalue weighted by atomic mass is 10.0. The Bertz CT molecular complexity index is 494. The van der Waals surface area contributed by atoms with Crippen LogP contribution in [-0.2, 0) is 4.74 Å². The van der Waals surface area contributed by atoms with Crippen molar-refractivity contribution in [3.05, 3.63) is 23.5 Å². The van der Waals surface area contributed by atoms with Crippen molar-refractivity contribution in [2.24, 2.45) is 0 Å². The number of rotatable bonds is 0. The van der Waals surface area contributed by atoms with Gasteiger partial charge in [-0.15, -0.1) is 0 Å². The normalized spacial score (nSPS) is 19.0. The van der Waals surface area contributed by atoms with Crippen LogP contribution in [0.3, 0.4) is 0 Å².